The third-order valence-corrected chi connectivity index (χ3v) is 3.89. The molecule has 2 aromatic carbocycles. The van der Waals surface area contributed by atoms with E-state index in [-0.39, 0.29) is 27.8 Å². The molecule has 0 amide bonds. The number of tetrazole rings is 1. The van der Waals surface area contributed by atoms with Gasteiger partial charge in [-0.3, -0.25) is 4.79 Å². The molecule has 0 unspecified atom stereocenters. The molecule has 0 saturated heterocycles. The lowest BCUT2D eigenvalue weighted by molar-refractivity contribution is 0.123. The van der Waals surface area contributed by atoms with E-state index in [1.807, 2.05) is 0 Å². The SMILES string of the molecule is O=c1c(-c2ccc(-c3nnn[nH]3)cc2)c(C(F)F)oc2cc(O)ccc12. The number of phenols is 1. The van der Waals surface area contributed by atoms with Crippen LogP contribution in [0.25, 0.3) is 33.5 Å². The fourth-order valence-corrected chi connectivity index (χ4v) is 2.70. The van der Waals surface area contributed by atoms with Crippen LogP contribution in [0.4, 0.5) is 8.78 Å². The van der Waals surface area contributed by atoms with Crippen LogP contribution in [0, 0.1) is 0 Å². The van der Waals surface area contributed by atoms with Gasteiger partial charge in [0, 0.05) is 11.6 Å². The predicted octanol–water partition coefficient (Wildman–Crippen LogP) is 3.28. The summed E-state index contributed by atoms with van der Waals surface area (Å²) >= 11 is 0. The number of aromatic hydroxyl groups is 1. The summed E-state index contributed by atoms with van der Waals surface area (Å²) in [6, 6.07) is 10.0. The van der Waals surface area contributed by atoms with Crippen molar-refractivity contribution in [2.45, 2.75) is 6.43 Å². The number of benzene rings is 2. The highest BCUT2D eigenvalue weighted by molar-refractivity contribution is 5.84. The summed E-state index contributed by atoms with van der Waals surface area (Å²) in [6.07, 6.45) is -3.00. The molecule has 0 aliphatic rings. The highest BCUT2D eigenvalue weighted by Crippen LogP contribution is 2.33. The second-order valence-corrected chi connectivity index (χ2v) is 5.48. The Balaban J connectivity index is 1.92. The van der Waals surface area contributed by atoms with Crippen LogP contribution in [-0.4, -0.2) is 25.7 Å². The Kier molecular flexibility index (Phi) is 3.68. The molecule has 0 fully saturated rings. The molecule has 9 heteroatoms. The maximum atomic E-state index is 13.5. The number of nitrogens with one attached hydrogen (secondary N) is 1. The maximum Gasteiger partial charge on any atom is 0.296 e. The molecule has 0 aliphatic carbocycles. The number of H-pyrrole nitrogens is 1. The molecule has 2 aromatic heterocycles. The standard InChI is InChI=1S/C17H10F2N4O3/c18-16(19)15-13(14(25)11-6-5-10(24)7-12(11)26-15)8-1-3-9(4-2-8)17-20-22-23-21-17/h1-7,16,24H,(H,20,21,22,23). The first-order chi connectivity index (χ1) is 12.5. The fourth-order valence-electron chi connectivity index (χ4n) is 2.70. The van der Waals surface area contributed by atoms with E-state index < -0.39 is 17.6 Å². The van der Waals surface area contributed by atoms with Crippen molar-refractivity contribution in [2.75, 3.05) is 0 Å². The van der Waals surface area contributed by atoms with Crippen LogP contribution in [0.3, 0.4) is 0 Å². The lowest BCUT2D eigenvalue weighted by Gasteiger charge is -2.10. The van der Waals surface area contributed by atoms with Gasteiger partial charge in [-0.05, 0) is 28.1 Å². The van der Waals surface area contributed by atoms with Crippen LogP contribution >= 0.6 is 0 Å². The summed E-state index contributed by atoms with van der Waals surface area (Å²) in [6.45, 7) is 0. The smallest absolute Gasteiger partial charge is 0.296 e. The number of halogens is 2. The summed E-state index contributed by atoms with van der Waals surface area (Å²) in [5, 5.41) is 22.9. The van der Waals surface area contributed by atoms with Gasteiger partial charge in [0.15, 0.2) is 11.6 Å². The van der Waals surface area contributed by atoms with Crippen LogP contribution in [-0.2, 0) is 0 Å². The lowest BCUT2D eigenvalue weighted by Crippen LogP contribution is -2.09. The van der Waals surface area contributed by atoms with Gasteiger partial charge in [-0.1, -0.05) is 24.3 Å². The Labute approximate surface area is 143 Å². The largest absolute Gasteiger partial charge is 0.508 e. The average Bonchev–Trinajstić information content (AvgIpc) is 3.16. The number of aromatic amines is 1. The van der Waals surface area contributed by atoms with Crippen LogP contribution in [0.5, 0.6) is 5.75 Å². The van der Waals surface area contributed by atoms with Crippen molar-refractivity contribution in [1.82, 2.24) is 20.6 Å². The summed E-state index contributed by atoms with van der Waals surface area (Å²) in [4.78, 5) is 12.8. The number of aromatic nitrogens is 4. The number of hydrogen-bond donors (Lipinski definition) is 2. The molecule has 7 nitrogen and oxygen atoms in total. The number of hydrogen-bond acceptors (Lipinski definition) is 6. The van der Waals surface area contributed by atoms with E-state index >= 15 is 0 Å². The van der Waals surface area contributed by atoms with Crippen molar-refractivity contribution in [1.29, 1.82) is 0 Å². The molecule has 0 aliphatic heterocycles. The van der Waals surface area contributed by atoms with E-state index in [9.17, 15) is 18.7 Å². The van der Waals surface area contributed by atoms with Crippen molar-refractivity contribution < 1.29 is 18.3 Å². The zero-order valence-corrected chi connectivity index (χ0v) is 13.0. The van der Waals surface area contributed by atoms with Crippen LogP contribution < -0.4 is 5.43 Å². The minimum Gasteiger partial charge on any atom is -0.508 e. The summed E-state index contributed by atoms with van der Waals surface area (Å²) in [5.41, 5.74) is -0.0119. The predicted molar refractivity (Wildman–Crippen MR) is 87.7 cm³/mol. The van der Waals surface area contributed by atoms with Gasteiger partial charge in [-0.25, -0.2) is 13.9 Å². The van der Waals surface area contributed by atoms with E-state index in [1.165, 1.54) is 24.3 Å². The first-order valence-corrected chi connectivity index (χ1v) is 7.47. The molecule has 2 heterocycles. The first-order valence-electron chi connectivity index (χ1n) is 7.47. The third kappa shape index (κ3) is 2.59. The van der Waals surface area contributed by atoms with Crippen molar-refractivity contribution in [2.24, 2.45) is 0 Å². The van der Waals surface area contributed by atoms with Gasteiger partial charge in [-0.2, -0.15) is 0 Å². The van der Waals surface area contributed by atoms with E-state index in [0.29, 0.717) is 11.4 Å². The van der Waals surface area contributed by atoms with Gasteiger partial charge in [0.1, 0.15) is 11.3 Å². The zero-order valence-electron chi connectivity index (χ0n) is 13.0. The van der Waals surface area contributed by atoms with Gasteiger partial charge in [0.2, 0.25) is 5.43 Å². The molecule has 0 saturated carbocycles. The van der Waals surface area contributed by atoms with Gasteiger partial charge in [-0.15, -0.1) is 5.10 Å². The zero-order chi connectivity index (χ0) is 18.3. The van der Waals surface area contributed by atoms with Crippen LogP contribution in [0.1, 0.15) is 12.2 Å². The first kappa shape index (κ1) is 15.9. The second-order valence-electron chi connectivity index (χ2n) is 5.48. The van der Waals surface area contributed by atoms with Gasteiger partial charge in [0.05, 0.1) is 10.9 Å². The normalized spacial score (nSPS) is 11.3. The molecule has 4 rings (SSSR count). The highest BCUT2D eigenvalue weighted by Gasteiger charge is 2.23. The third-order valence-electron chi connectivity index (χ3n) is 3.89. The maximum absolute atomic E-state index is 13.5. The molecule has 0 atom stereocenters. The molecule has 130 valence electrons. The van der Waals surface area contributed by atoms with E-state index in [2.05, 4.69) is 20.6 Å². The monoisotopic (exact) mass is 356 g/mol. The fraction of sp³-hybridized carbons (Fsp3) is 0.0588. The minimum absolute atomic E-state index is 0.0987. The average molecular weight is 356 g/mol. The van der Waals surface area contributed by atoms with Gasteiger partial charge >= 0.3 is 0 Å². The quantitative estimate of drug-likeness (QED) is 0.584. The molecular formula is C17H10F2N4O3. The summed E-state index contributed by atoms with van der Waals surface area (Å²) in [7, 11) is 0. The van der Waals surface area contributed by atoms with Crippen LogP contribution in [0.2, 0.25) is 0 Å². The second kappa shape index (κ2) is 6.03. The van der Waals surface area contributed by atoms with Crippen molar-refractivity contribution in [3.05, 3.63) is 58.4 Å². The number of alkyl halides is 2. The van der Waals surface area contributed by atoms with Gasteiger partial charge < -0.3 is 9.52 Å². The Morgan fingerprint density at radius 2 is 1.81 bits per heavy atom. The number of phenolic OH excluding ortho intramolecular Hbond substituents is 1. The molecule has 2 N–H and O–H groups in total. The molecular weight excluding hydrogens is 346 g/mol. The Morgan fingerprint density at radius 1 is 1.08 bits per heavy atom. The molecule has 0 bridgehead atoms. The number of fused-ring (bicyclic) bond motifs is 1. The van der Waals surface area contributed by atoms with Crippen molar-refractivity contribution in [3.63, 3.8) is 0 Å². The highest BCUT2D eigenvalue weighted by atomic mass is 19.3. The minimum atomic E-state index is -3.00. The Morgan fingerprint density at radius 3 is 2.46 bits per heavy atom. The Bertz CT molecular complexity index is 1140. The number of nitrogens with zero attached hydrogens (tertiary/aromatic N) is 3. The lowest BCUT2D eigenvalue weighted by atomic mass is 10.0. The summed E-state index contributed by atoms with van der Waals surface area (Å²) in [5.74, 6) is -0.521. The van der Waals surface area contributed by atoms with E-state index in [1.54, 1.807) is 12.1 Å². The van der Waals surface area contributed by atoms with Crippen LogP contribution in [0.15, 0.2) is 51.7 Å². The van der Waals surface area contributed by atoms with Gasteiger partial charge in [0.25, 0.3) is 6.43 Å². The topological polar surface area (TPSA) is 105 Å². The van der Waals surface area contributed by atoms with E-state index in [4.69, 9.17) is 4.42 Å². The number of rotatable bonds is 3. The van der Waals surface area contributed by atoms with Crippen molar-refractivity contribution in [3.8, 4) is 28.3 Å². The molecule has 0 radical (unpaired) electrons. The molecule has 0 spiro atoms. The van der Waals surface area contributed by atoms with E-state index in [0.717, 1.165) is 6.07 Å². The molecule has 4 aromatic rings. The summed E-state index contributed by atoms with van der Waals surface area (Å²) < 4.78 is 32.2. The van der Waals surface area contributed by atoms with Crippen molar-refractivity contribution >= 4 is 11.0 Å². The Hall–Kier alpha value is -3.62. The molecule has 26 heavy (non-hydrogen) atoms.